The highest BCUT2D eigenvalue weighted by atomic mass is 35.5. The molecule has 1 aromatic heterocycles. The fourth-order valence-corrected chi connectivity index (χ4v) is 3.00. The Bertz CT molecular complexity index is 1010. The molecule has 0 aliphatic heterocycles. The molecular formula is C21H18Cl2N2O2. The summed E-state index contributed by atoms with van der Waals surface area (Å²) < 4.78 is 5.81. The van der Waals surface area contributed by atoms with E-state index in [4.69, 9.17) is 27.9 Å². The third-order valence-electron chi connectivity index (χ3n) is 4.34. The van der Waals surface area contributed by atoms with Crippen molar-refractivity contribution in [3.63, 3.8) is 0 Å². The molecule has 6 heteroatoms. The number of ether oxygens (including phenoxy) is 1. The van der Waals surface area contributed by atoms with Gasteiger partial charge in [-0.3, -0.25) is 4.79 Å². The topological polar surface area (TPSA) is 42.4 Å². The maximum Gasteiger partial charge on any atom is 0.263 e. The highest BCUT2D eigenvalue weighted by Crippen LogP contribution is 2.33. The second-order valence-electron chi connectivity index (χ2n) is 6.12. The van der Waals surface area contributed by atoms with Crippen molar-refractivity contribution >= 4 is 34.8 Å². The molecule has 0 N–H and O–H groups in total. The van der Waals surface area contributed by atoms with Crippen LogP contribution in [0.3, 0.4) is 0 Å². The van der Waals surface area contributed by atoms with E-state index < -0.39 is 0 Å². The van der Waals surface area contributed by atoms with Crippen molar-refractivity contribution in [3.8, 4) is 11.6 Å². The van der Waals surface area contributed by atoms with E-state index in [1.807, 2.05) is 32.0 Å². The summed E-state index contributed by atoms with van der Waals surface area (Å²) in [6.45, 7) is 4.00. The third kappa shape index (κ3) is 4.07. The standard InChI is InChI=1S/C21H18Cl2N2O2/c1-13-6-4-8-18(14(13)2)25(3)21(26)16-7-5-11-24-20(16)27-19-12-15(22)9-10-17(19)23/h4-12H,1-3H3. The minimum Gasteiger partial charge on any atom is -0.437 e. The maximum absolute atomic E-state index is 13.1. The summed E-state index contributed by atoms with van der Waals surface area (Å²) in [6, 6.07) is 14.1. The number of hydrogen-bond donors (Lipinski definition) is 0. The van der Waals surface area contributed by atoms with Gasteiger partial charge in [0.15, 0.2) is 0 Å². The lowest BCUT2D eigenvalue weighted by molar-refractivity contribution is 0.0990. The number of rotatable bonds is 4. The number of hydrogen-bond acceptors (Lipinski definition) is 3. The Balaban J connectivity index is 1.96. The Hall–Kier alpha value is -2.56. The Morgan fingerprint density at radius 1 is 1.07 bits per heavy atom. The zero-order valence-corrected chi connectivity index (χ0v) is 16.7. The molecule has 0 bridgehead atoms. The number of aromatic nitrogens is 1. The van der Waals surface area contributed by atoms with Gasteiger partial charge < -0.3 is 9.64 Å². The summed E-state index contributed by atoms with van der Waals surface area (Å²) in [4.78, 5) is 18.9. The van der Waals surface area contributed by atoms with Gasteiger partial charge in [0.25, 0.3) is 5.91 Å². The van der Waals surface area contributed by atoms with Crippen LogP contribution in [0, 0.1) is 13.8 Å². The number of carbonyl (C=O) groups excluding carboxylic acids is 1. The molecule has 0 spiro atoms. The number of nitrogens with zero attached hydrogens (tertiary/aromatic N) is 2. The second-order valence-corrected chi connectivity index (χ2v) is 6.96. The molecule has 2 aromatic carbocycles. The quantitative estimate of drug-likeness (QED) is 0.533. The fraction of sp³-hybridized carbons (Fsp3) is 0.143. The van der Waals surface area contributed by atoms with E-state index in [9.17, 15) is 4.79 Å². The molecule has 1 amide bonds. The van der Waals surface area contributed by atoms with E-state index in [1.165, 1.54) is 0 Å². The van der Waals surface area contributed by atoms with E-state index in [0.29, 0.717) is 21.4 Å². The lowest BCUT2D eigenvalue weighted by Gasteiger charge is -2.21. The normalized spacial score (nSPS) is 10.6. The van der Waals surface area contributed by atoms with Crippen molar-refractivity contribution in [3.05, 3.63) is 81.5 Å². The average molecular weight is 401 g/mol. The molecule has 1 heterocycles. The van der Waals surface area contributed by atoms with Crippen molar-refractivity contribution in [1.29, 1.82) is 0 Å². The third-order valence-corrected chi connectivity index (χ3v) is 4.89. The predicted molar refractivity (Wildman–Crippen MR) is 109 cm³/mol. The van der Waals surface area contributed by atoms with Crippen molar-refractivity contribution in [2.45, 2.75) is 13.8 Å². The van der Waals surface area contributed by atoms with Gasteiger partial charge in [-0.15, -0.1) is 0 Å². The first-order valence-electron chi connectivity index (χ1n) is 8.30. The van der Waals surface area contributed by atoms with Crippen LogP contribution in [0.5, 0.6) is 11.6 Å². The van der Waals surface area contributed by atoms with E-state index in [2.05, 4.69) is 4.98 Å². The van der Waals surface area contributed by atoms with Crippen molar-refractivity contribution in [2.75, 3.05) is 11.9 Å². The van der Waals surface area contributed by atoms with Gasteiger partial charge in [-0.2, -0.15) is 0 Å². The van der Waals surface area contributed by atoms with Gasteiger partial charge in [-0.25, -0.2) is 4.98 Å². The summed E-state index contributed by atoms with van der Waals surface area (Å²) >= 11 is 12.2. The van der Waals surface area contributed by atoms with Gasteiger partial charge in [-0.1, -0.05) is 35.3 Å². The Morgan fingerprint density at radius 3 is 2.63 bits per heavy atom. The number of anilines is 1. The number of aryl methyl sites for hydroxylation is 1. The number of amides is 1. The summed E-state index contributed by atoms with van der Waals surface area (Å²) in [7, 11) is 1.73. The Kier molecular flexibility index (Phi) is 5.68. The first-order chi connectivity index (χ1) is 12.9. The van der Waals surface area contributed by atoms with Gasteiger partial charge in [0.1, 0.15) is 11.3 Å². The van der Waals surface area contributed by atoms with E-state index in [0.717, 1.165) is 16.8 Å². The van der Waals surface area contributed by atoms with Crippen molar-refractivity contribution in [1.82, 2.24) is 4.98 Å². The highest BCUT2D eigenvalue weighted by molar-refractivity contribution is 6.34. The van der Waals surface area contributed by atoms with Crippen LogP contribution in [0.15, 0.2) is 54.7 Å². The van der Waals surface area contributed by atoms with Gasteiger partial charge in [-0.05, 0) is 55.3 Å². The molecule has 0 unspecified atom stereocenters. The van der Waals surface area contributed by atoms with Crippen LogP contribution in [0.2, 0.25) is 10.0 Å². The summed E-state index contributed by atoms with van der Waals surface area (Å²) in [5.74, 6) is 0.278. The van der Waals surface area contributed by atoms with Crippen LogP contribution in [-0.2, 0) is 0 Å². The fourth-order valence-electron chi connectivity index (χ4n) is 2.68. The lowest BCUT2D eigenvalue weighted by Crippen LogP contribution is -2.27. The molecule has 0 fully saturated rings. The number of carbonyl (C=O) groups is 1. The smallest absolute Gasteiger partial charge is 0.263 e. The van der Waals surface area contributed by atoms with Crippen LogP contribution in [0.1, 0.15) is 21.5 Å². The first-order valence-corrected chi connectivity index (χ1v) is 9.06. The van der Waals surface area contributed by atoms with E-state index >= 15 is 0 Å². The monoisotopic (exact) mass is 400 g/mol. The predicted octanol–water partition coefficient (Wildman–Crippen LogP) is 6.07. The zero-order chi connectivity index (χ0) is 19.6. The number of halogens is 2. The maximum atomic E-state index is 13.1. The van der Waals surface area contributed by atoms with Crippen LogP contribution < -0.4 is 9.64 Å². The van der Waals surface area contributed by atoms with Crippen LogP contribution in [0.25, 0.3) is 0 Å². The molecule has 3 rings (SSSR count). The molecule has 3 aromatic rings. The van der Waals surface area contributed by atoms with Gasteiger partial charge in [0.2, 0.25) is 5.88 Å². The van der Waals surface area contributed by atoms with Gasteiger partial charge in [0.05, 0.1) is 5.02 Å². The largest absolute Gasteiger partial charge is 0.437 e. The molecule has 0 aliphatic carbocycles. The van der Waals surface area contributed by atoms with Crippen LogP contribution >= 0.6 is 23.2 Å². The summed E-state index contributed by atoms with van der Waals surface area (Å²) in [5.41, 5.74) is 3.31. The summed E-state index contributed by atoms with van der Waals surface area (Å²) in [6.07, 6.45) is 1.56. The van der Waals surface area contributed by atoms with Gasteiger partial charge >= 0.3 is 0 Å². The zero-order valence-electron chi connectivity index (χ0n) is 15.2. The molecule has 138 valence electrons. The number of pyridine rings is 1. The van der Waals surface area contributed by atoms with E-state index in [-0.39, 0.29) is 11.8 Å². The molecular weight excluding hydrogens is 383 g/mol. The molecule has 27 heavy (non-hydrogen) atoms. The van der Waals surface area contributed by atoms with Crippen molar-refractivity contribution < 1.29 is 9.53 Å². The molecule has 0 saturated heterocycles. The summed E-state index contributed by atoms with van der Waals surface area (Å²) in [5, 5.41) is 0.858. The SMILES string of the molecule is Cc1cccc(N(C)C(=O)c2cccnc2Oc2cc(Cl)ccc2Cl)c1C. The van der Waals surface area contributed by atoms with Crippen LogP contribution in [0.4, 0.5) is 5.69 Å². The average Bonchev–Trinajstić information content (AvgIpc) is 2.66. The Morgan fingerprint density at radius 2 is 1.85 bits per heavy atom. The van der Waals surface area contributed by atoms with Crippen LogP contribution in [-0.4, -0.2) is 17.9 Å². The van der Waals surface area contributed by atoms with Gasteiger partial charge in [0, 0.05) is 30.0 Å². The second kappa shape index (κ2) is 7.99. The molecule has 0 radical (unpaired) electrons. The first kappa shape index (κ1) is 19.2. The minimum atomic E-state index is -0.232. The molecule has 0 aliphatic rings. The molecule has 0 saturated carbocycles. The lowest BCUT2D eigenvalue weighted by atomic mass is 10.1. The highest BCUT2D eigenvalue weighted by Gasteiger charge is 2.21. The van der Waals surface area contributed by atoms with E-state index in [1.54, 1.807) is 48.5 Å². The minimum absolute atomic E-state index is 0.170. The Labute approximate surface area is 168 Å². The number of benzene rings is 2. The molecule has 4 nitrogen and oxygen atoms in total. The van der Waals surface area contributed by atoms with Crippen molar-refractivity contribution in [2.24, 2.45) is 0 Å². The molecule has 0 atom stereocenters.